The number of ether oxygens (including phenoxy) is 1. The molecule has 3 fully saturated rings. The van der Waals surface area contributed by atoms with E-state index in [0.717, 1.165) is 5.92 Å². The fraction of sp³-hybridized carbons (Fsp3) is 1.00. The van der Waals surface area contributed by atoms with Crippen LogP contribution in [0.5, 0.6) is 0 Å². The van der Waals surface area contributed by atoms with Crippen LogP contribution in [0.15, 0.2) is 0 Å². The van der Waals surface area contributed by atoms with E-state index in [1.807, 2.05) is 0 Å². The second-order valence-electron chi connectivity index (χ2n) is 5.57. The number of fused-ring (bicyclic) bond motifs is 1. The van der Waals surface area contributed by atoms with Crippen LogP contribution in [0.1, 0.15) is 33.1 Å². The van der Waals surface area contributed by atoms with Gasteiger partial charge in [0.15, 0.2) is 0 Å². The highest BCUT2D eigenvalue weighted by molar-refractivity contribution is 5.18. The van der Waals surface area contributed by atoms with Crippen LogP contribution < -0.4 is 0 Å². The molecule has 0 radical (unpaired) electrons. The minimum atomic E-state index is -0.208. The van der Waals surface area contributed by atoms with Gasteiger partial charge in [-0.25, -0.2) is 0 Å². The maximum Gasteiger partial charge on any atom is 0.0859 e. The van der Waals surface area contributed by atoms with Crippen LogP contribution in [0.2, 0.25) is 0 Å². The molecular weight excluding hydrogens is 164 g/mol. The topological polar surface area (TPSA) is 29.5 Å². The molecule has 2 nitrogen and oxygen atoms in total. The van der Waals surface area contributed by atoms with Gasteiger partial charge in [0.25, 0.3) is 0 Å². The summed E-state index contributed by atoms with van der Waals surface area (Å²) in [5, 5.41) is 10.1. The van der Waals surface area contributed by atoms with Crippen molar-refractivity contribution in [3.05, 3.63) is 0 Å². The van der Waals surface area contributed by atoms with Crippen LogP contribution in [-0.4, -0.2) is 23.9 Å². The summed E-state index contributed by atoms with van der Waals surface area (Å²) in [6.45, 7) is 5.21. The molecule has 0 amide bonds. The maximum absolute atomic E-state index is 10.1. The molecule has 1 N–H and O–H groups in total. The zero-order chi connectivity index (χ0) is 9.27. The molecule has 2 aliphatic carbocycles. The molecule has 1 saturated heterocycles. The van der Waals surface area contributed by atoms with Crippen molar-refractivity contribution in [1.82, 2.24) is 0 Å². The molecular formula is C11H18O2. The van der Waals surface area contributed by atoms with Crippen molar-refractivity contribution in [3.63, 3.8) is 0 Å². The fourth-order valence-corrected chi connectivity index (χ4v) is 4.32. The molecule has 0 unspecified atom stereocenters. The van der Waals surface area contributed by atoms with Gasteiger partial charge < -0.3 is 9.84 Å². The number of aliphatic hydroxyl groups is 1. The van der Waals surface area contributed by atoms with Gasteiger partial charge in [-0.3, -0.25) is 0 Å². The lowest BCUT2D eigenvalue weighted by Crippen LogP contribution is -2.43. The summed E-state index contributed by atoms with van der Waals surface area (Å²) in [5.41, 5.74) is 0.408. The molecule has 0 aromatic carbocycles. The first-order valence-corrected chi connectivity index (χ1v) is 5.39. The van der Waals surface area contributed by atoms with Crippen LogP contribution in [0.25, 0.3) is 0 Å². The highest BCUT2D eigenvalue weighted by Gasteiger charge is 2.69. The third kappa shape index (κ3) is 0.668. The Morgan fingerprint density at radius 1 is 1.38 bits per heavy atom. The Kier molecular flexibility index (Phi) is 1.34. The molecule has 74 valence electrons. The molecule has 1 spiro atoms. The summed E-state index contributed by atoms with van der Waals surface area (Å²) in [5.74, 6) is 0.785. The Morgan fingerprint density at radius 2 is 2.15 bits per heavy atom. The van der Waals surface area contributed by atoms with Gasteiger partial charge >= 0.3 is 0 Å². The lowest BCUT2D eigenvalue weighted by molar-refractivity contribution is -0.0121. The van der Waals surface area contributed by atoms with Crippen molar-refractivity contribution in [2.24, 2.45) is 16.7 Å². The van der Waals surface area contributed by atoms with E-state index in [1.165, 1.54) is 19.3 Å². The molecule has 4 atom stereocenters. The first kappa shape index (κ1) is 8.25. The van der Waals surface area contributed by atoms with Gasteiger partial charge in [0.2, 0.25) is 0 Å². The summed E-state index contributed by atoms with van der Waals surface area (Å²) >= 11 is 0. The molecule has 3 rings (SSSR count). The lowest BCUT2D eigenvalue weighted by atomic mass is 9.66. The zero-order valence-electron chi connectivity index (χ0n) is 8.42. The van der Waals surface area contributed by atoms with Gasteiger partial charge in [0.1, 0.15) is 0 Å². The molecule has 2 heteroatoms. The van der Waals surface area contributed by atoms with Crippen LogP contribution in [-0.2, 0) is 4.74 Å². The van der Waals surface area contributed by atoms with Gasteiger partial charge in [-0.05, 0) is 30.6 Å². The number of hydrogen-bond donors (Lipinski definition) is 1. The van der Waals surface area contributed by atoms with Gasteiger partial charge in [-0.1, -0.05) is 13.8 Å². The average molecular weight is 182 g/mol. The third-order valence-corrected chi connectivity index (χ3v) is 5.25. The maximum atomic E-state index is 10.1. The molecule has 0 aromatic rings. The smallest absolute Gasteiger partial charge is 0.0859 e. The Hall–Kier alpha value is -0.0800. The van der Waals surface area contributed by atoms with E-state index in [2.05, 4.69) is 13.8 Å². The summed E-state index contributed by atoms with van der Waals surface area (Å²) in [6, 6.07) is 0. The first-order chi connectivity index (χ1) is 6.09. The molecule has 2 saturated carbocycles. The largest absolute Gasteiger partial charge is 0.390 e. The second-order valence-corrected chi connectivity index (χ2v) is 5.57. The lowest BCUT2D eigenvalue weighted by Gasteiger charge is -2.39. The first-order valence-electron chi connectivity index (χ1n) is 5.39. The molecule has 3 aliphatic rings. The predicted molar refractivity (Wildman–Crippen MR) is 49.3 cm³/mol. The number of hydrogen-bond acceptors (Lipinski definition) is 2. The van der Waals surface area contributed by atoms with Gasteiger partial charge in [-0.2, -0.15) is 0 Å². The summed E-state index contributed by atoms with van der Waals surface area (Å²) in [6.07, 6.45) is 3.81. The van der Waals surface area contributed by atoms with E-state index >= 15 is 0 Å². The van der Waals surface area contributed by atoms with E-state index in [-0.39, 0.29) is 11.5 Å². The Bertz CT molecular complexity index is 248. The van der Waals surface area contributed by atoms with E-state index in [1.54, 1.807) is 0 Å². The van der Waals surface area contributed by atoms with Crippen LogP contribution in [0.3, 0.4) is 0 Å². The second kappa shape index (κ2) is 2.12. The monoisotopic (exact) mass is 182 g/mol. The Balaban J connectivity index is 2.11. The van der Waals surface area contributed by atoms with Crippen molar-refractivity contribution < 1.29 is 9.84 Å². The normalized spacial score (nSPS) is 57.0. The molecule has 2 bridgehead atoms. The molecule has 13 heavy (non-hydrogen) atoms. The predicted octanol–water partition coefficient (Wildman–Crippen LogP) is 1.57. The van der Waals surface area contributed by atoms with Crippen molar-refractivity contribution in [3.8, 4) is 0 Å². The molecule has 1 heterocycles. The molecule has 1 aliphatic heterocycles. The van der Waals surface area contributed by atoms with E-state index in [0.29, 0.717) is 18.1 Å². The third-order valence-electron chi connectivity index (χ3n) is 5.25. The quantitative estimate of drug-likeness (QED) is 0.616. The van der Waals surface area contributed by atoms with Crippen molar-refractivity contribution in [2.45, 2.75) is 45.3 Å². The van der Waals surface area contributed by atoms with Crippen LogP contribution in [0, 0.1) is 16.7 Å². The zero-order valence-corrected chi connectivity index (χ0v) is 8.42. The fourth-order valence-electron chi connectivity index (χ4n) is 4.32. The standard InChI is InChI=1S/C11H18O2/c1-10(2)7-3-4-11(10)8(12)6-13-9(11)5-7/h7-9,12H,3-6H2,1-2H3/t7-,8-,9-,11-/m1/s1. The average Bonchev–Trinajstić information content (AvgIpc) is 2.62. The van der Waals surface area contributed by atoms with Crippen molar-refractivity contribution in [2.75, 3.05) is 6.61 Å². The Morgan fingerprint density at radius 3 is 2.77 bits per heavy atom. The highest BCUT2D eigenvalue weighted by Crippen LogP contribution is 2.69. The van der Waals surface area contributed by atoms with Crippen LogP contribution >= 0.6 is 0 Å². The summed E-state index contributed by atoms with van der Waals surface area (Å²) in [4.78, 5) is 0. The minimum Gasteiger partial charge on any atom is -0.390 e. The number of rotatable bonds is 0. The Labute approximate surface area is 79.3 Å². The molecule has 0 aromatic heterocycles. The van der Waals surface area contributed by atoms with E-state index in [9.17, 15) is 5.11 Å². The SMILES string of the molecule is CC1(C)[C@@H]2CC[C@]13[C@H](O)CO[C@@H]3C2. The van der Waals surface area contributed by atoms with E-state index < -0.39 is 0 Å². The van der Waals surface area contributed by atoms with Crippen LogP contribution in [0.4, 0.5) is 0 Å². The highest BCUT2D eigenvalue weighted by atomic mass is 16.5. The van der Waals surface area contributed by atoms with Crippen molar-refractivity contribution >= 4 is 0 Å². The summed E-state index contributed by atoms with van der Waals surface area (Å²) in [7, 11) is 0. The summed E-state index contributed by atoms with van der Waals surface area (Å²) < 4.78 is 5.70. The van der Waals surface area contributed by atoms with Gasteiger partial charge in [0, 0.05) is 5.41 Å². The minimum absolute atomic E-state index is 0.109. The van der Waals surface area contributed by atoms with Gasteiger partial charge in [0.05, 0.1) is 18.8 Å². The number of aliphatic hydroxyl groups excluding tert-OH is 1. The van der Waals surface area contributed by atoms with Gasteiger partial charge in [-0.15, -0.1) is 0 Å². The van der Waals surface area contributed by atoms with E-state index in [4.69, 9.17) is 4.74 Å². The van der Waals surface area contributed by atoms with Crippen molar-refractivity contribution in [1.29, 1.82) is 0 Å².